The van der Waals surface area contributed by atoms with E-state index in [1.165, 1.54) is 0 Å². The van der Waals surface area contributed by atoms with E-state index in [0.29, 0.717) is 12.2 Å². The van der Waals surface area contributed by atoms with Crippen LogP contribution in [0.15, 0.2) is 24.3 Å². The molecule has 0 aromatic heterocycles. The van der Waals surface area contributed by atoms with Crippen molar-refractivity contribution in [3.05, 3.63) is 29.8 Å². The maximum Gasteiger partial charge on any atom is 0.125 e. The van der Waals surface area contributed by atoms with Gasteiger partial charge in [-0.25, -0.2) is 0 Å². The van der Waals surface area contributed by atoms with E-state index in [0.717, 1.165) is 5.56 Å². The molecule has 2 atom stereocenters. The summed E-state index contributed by atoms with van der Waals surface area (Å²) in [6, 6.07) is 7.43. The Balaban J connectivity index is 2.67. The number of aliphatic hydroxyl groups is 2. The molecule has 0 heterocycles. The smallest absolute Gasteiger partial charge is 0.125 e. The Labute approximate surface area is 109 Å². The van der Waals surface area contributed by atoms with Crippen LogP contribution >= 0.6 is 0 Å². The number of aliphatic hydroxyl groups excluding tert-OH is 2. The fraction of sp³-hybridized carbons (Fsp3) is 0.571. The molecule has 4 heteroatoms. The highest BCUT2D eigenvalue weighted by Gasteiger charge is 2.24. The Morgan fingerprint density at radius 3 is 2.56 bits per heavy atom. The molecule has 0 spiro atoms. The van der Waals surface area contributed by atoms with Crippen LogP contribution in [0.5, 0.6) is 5.75 Å². The molecule has 0 bridgehead atoms. The van der Waals surface area contributed by atoms with Gasteiger partial charge < -0.3 is 20.3 Å². The van der Waals surface area contributed by atoms with Crippen LogP contribution in [0.2, 0.25) is 0 Å². The summed E-state index contributed by atoms with van der Waals surface area (Å²) in [4.78, 5) is 0. The van der Waals surface area contributed by atoms with Gasteiger partial charge >= 0.3 is 0 Å². The zero-order valence-corrected chi connectivity index (χ0v) is 11.3. The average Bonchev–Trinajstić information content (AvgIpc) is 2.39. The van der Waals surface area contributed by atoms with Crippen LogP contribution in [0.1, 0.15) is 25.8 Å². The number of nitrogens with one attached hydrogen (secondary N) is 1. The zero-order valence-electron chi connectivity index (χ0n) is 11.3. The van der Waals surface area contributed by atoms with Gasteiger partial charge in [0.15, 0.2) is 0 Å². The molecular weight excluding hydrogens is 230 g/mol. The van der Waals surface area contributed by atoms with Crippen LogP contribution in [0.25, 0.3) is 0 Å². The number of benzene rings is 1. The summed E-state index contributed by atoms with van der Waals surface area (Å²) in [5, 5.41) is 21.7. The zero-order chi connectivity index (χ0) is 13.6. The lowest BCUT2D eigenvalue weighted by Crippen LogP contribution is -2.46. The molecule has 0 saturated carbocycles. The van der Waals surface area contributed by atoms with Crippen molar-refractivity contribution in [2.24, 2.45) is 0 Å². The summed E-state index contributed by atoms with van der Waals surface area (Å²) < 4.78 is 5.82. The van der Waals surface area contributed by atoms with E-state index in [4.69, 9.17) is 4.74 Å². The monoisotopic (exact) mass is 253 g/mol. The summed E-state index contributed by atoms with van der Waals surface area (Å²) in [7, 11) is 1.82. The molecule has 102 valence electrons. The molecule has 0 aliphatic rings. The molecule has 0 radical (unpaired) electrons. The number of likely N-dealkylation sites (N-methyl/N-ethyl adjacent to an activating group) is 1. The van der Waals surface area contributed by atoms with Gasteiger partial charge in [0.25, 0.3) is 0 Å². The number of hydrogen-bond acceptors (Lipinski definition) is 4. The standard InChI is InChI=1S/C14H23NO3/c1-11(8-14(2,10-17)15-3)18-13-7-5-4-6-12(13)9-16/h4-7,11,15-17H,8-10H2,1-3H3. The summed E-state index contributed by atoms with van der Waals surface area (Å²) >= 11 is 0. The highest BCUT2D eigenvalue weighted by atomic mass is 16.5. The molecule has 0 aliphatic carbocycles. The molecule has 0 fully saturated rings. The van der Waals surface area contributed by atoms with E-state index in [2.05, 4.69) is 5.32 Å². The highest BCUT2D eigenvalue weighted by Crippen LogP contribution is 2.22. The van der Waals surface area contributed by atoms with E-state index in [9.17, 15) is 10.2 Å². The molecular formula is C14H23NO3. The summed E-state index contributed by atoms with van der Waals surface area (Å²) in [6.07, 6.45) is 0.627. The molecule has 4 nitrogen and oxygen atoms in total. The Morgan fingerprint density at radius 1 is 1.33 bits per heavy atom. The highest BCUT2D eigenvalue weighted by molar-refractivity contribution is 5.32. The maximum atomic E-state index is 9.34. The minimum absolute atomic E-state index is 0.0355. The van der Waals surface area contributed by atoms with Crippen molar-refractivity contribution < 1.29 is 14.9 Å². The summed E-state index contributed by atoms with van der Waals surface area (Å²) in [5.41, 5.74) is 0.424. The molecule has 1 rings (SSSR count). The third kappa shape index (κ3) is 3.98. The predicted molar refractivity (Wildman–Crippen MR) is 71.6 cm³/mol. The van der Waals surface area contributed by atoms with Gasteiger partial charge in [0.1, 0.15) is 5.75 Å². The van der Waals surface area contributed by atoms with E-state index in [1.54, 1.807) is 0 Å². The quantitative estimate of drug-likeness (QED) is 0.685. The van der Waals surface area contributed by atoms with Gasteiger partial charge in [-0.2, -0.15) is 0 Å². The summed E-state index contributed by atoms with van der Waals surface area (Å²) in [5.74, 6) is 0.698. The molecule has 0 saturated heterocycles. The van der Waals surface area contributed by atoms with Gasteiger partial charge in [-0.15, -0.1) is 0 Å². The minimum Gasteiger partial charge on any atom is -0.490 e. The number of ether oxygens (including phenoxy) is 1. The Kier molecular flexibility index (Phi) is 5.59. The first kappa shape index (κ1) is 15.0. The van der Waals surface area contributed by atoms with Crippen LogP contribution in [0.3, 0.4) is 0 Å². The third-order valence-corrected chi connectivity index (χ3v) is 3.16. The fourth-order valence-electron chi connectivity index (χ4n) is 1.89. The van der Waals surface area contributed by atoms with Gasteiger partial charge in [-0.1, -0.05) is 18.2 Å². The normalized spacial score (nSPS) is 16.1. The molecule has 2 unspecified atom stereocenters. The number of rotatable bonds is 7. The first-order chi connectivity index (χ1) is 8.54. The molecule has 1 aromatic rings. The first-order valence-electron chi connectivity index (χ1n) is 6.20. The molecule has 0 aliphatic heterocycles. The second-order valence-corrected chi connectivity index (χ2v) is 4.87. The van der Waals surface area contributed by atoms with Gasteiger partial charge in [0.2, 0.25) is 0 Å². The molecule has 1 aromatic carbocycles. The Hall–Kier alpha value is -1.10. The van der Waals surface area contributed by atoms with E-state index < -0.39 is 0 Å². The van der Waals surface area contributed by atoms with Crippen molar-refractivity contribution in [3.8, 4) is 5.75 Å². The van der Waals surface area contributed by atoms with E-state index >= 15 is 0 Å². The van der Waals surface area contributed by atoms with E-state index in [-0.39, 0.29) is 24.9 Å². The topological polar surface area (TPSA) is 61.7 Å². The maximum absolute atomic E-state index is 9.34. The van der Waals surface area contributed by atoms with Crippen LogP contribution in [0, 0.1) is 0 Å². The van der Waals surface area contributed by atoms with Gasteiger partial charge in [0, 0.05) is 17.5 Å². The lowest BCUT2D eigenvalue weighted by atomic mass is 9.96. The lowest BCUT2D eigenvalue weighted by Gasteiger charge is -2.30. The lowest BCUT2D eigenvalue weighted by molar-refractivity contribution is 0.113. The predicted octanol–water partition coefficient (Wildman–Crippen LogP) is 1.31. The molecule has 0 amide bonds. The van der Waals surface area contributed by atoms with Crippen molar-refractivity contribution in [3.63, 3.8) is 0 Å². The summed E-state index contributed by atoms with van der Waals surface area (Å²) in [6.45, 7) is 3.93. The van der Waals surface area contributed by atoms with Crippen molar-refractivity contribution in [2.75, 3.05) is 13.7 Å². The van der Waals surface area contributed by atoms with Gasteiger partial charge in [0.05, 0.1) is 19.3 Å². The van der Waals surface area contributed by atoms with Crippen LogP contribution in [-0.2, 0) is 6.61 Å². The van der Waals surface area contributed by atoms with Crippen LogP contribution < -0.4 is 10.1 Å². The van der Waals surface area contributed by atoms with Gasteiger partial charge in [-0.05, 0) is 27.0 Å². The number of hydrogen-bond donors (Lipinski definition) is 3. The minimum atomic E-state index is -0.354. The molecule has 18 heavy (non-hydrogen) atoms. The van der Waals surface area contributed by atoms with Crippen LogP contribution in [-0.4, -0.2) is 35.5 Å². The van der Waals surface area contributed by atoms with Crippen molar-refractivity contribution in [1.82, 2.24) is 5.32 Å². The average molecular weight is 253 g/mol. The van der Waals surface area contributed by atoms with Gasteiger partial charge in [-0.3, -0.25) is 0 Å². The third-order valence-electron chi connectivity index (χ3n) is 3.16. The number of para-hydroxylation sites is 1. The largest absolute Gasteiger partial charge is 0.490 e. The Morgan fingerprint density at radius 2 is 2.00 bits per heavy atom. The second-order valence-electron chi connectivity index (χ2n) is 4.87. The Bertz CT molecular complexity index is 364. The molecule has 3 N–H and O–H groups in total. The van der Waals surface area contributed by atoms with E-state index in [1.807, 2.05) is 45.2 Å². The fourth-order valence-corrected chi connectivity index (χ4v) is 1.89. The van der Waals surface area contributed by atoms with Crippen molar-refractivity contribution in [2.45, 2.75) is 38.5 Å². The van der Waals surface area contributed by atoms with Crippen molar-refractivity contribution in [1.29, 1.82) is 0 Å². The first-order valence-corrected chi connectivity index (χ1v) is 6.20. The van der Waals surface area contributed by atoms with Crippen LogP contribution in [0.4, 0.5) is 0 Å². The van der Waals surface area contributed by atoms with Crippen molar-refractivity contribution >= 4 is 0 Å². The SMILES string of the molecule is CNC(C)(CO)CC(C)Oc1ccccc1CO. The second kappa shape index (κ2) is 6.73.